The van der Waals surface area contributed by atoms with E-state index in [1.807, 2.05) is 6.92 Å². The van der Waals surface area contributed by atoms with Crippen molar-refractivity contribution < 1.29 is 9.53 Å². The quantitative estimate of drug-likeness (QED) is 0.340. The molecular formula is C18H29ClO2. The van der Waals surface area contributed by atoms with Gasteiger partial charge in [-0.1, -0.05) is 31.4 Å². The fraction of sp³-hybridized carbons (Fsp3) is 0.722. The molecule has 0 aromatic heterocycles. The van der Waals surface area contributed by atoms with Crippen LogP contribution in [0.1, 0.15) is 66.2 Å². The van der Waals surface area contributed by atoms with E-state index >= 15 is 0 Å². The smallest absolute Gasteiger partial charge is 0.331 e. The second-order valence-corrected chi connectivity index (χ2v) is 7.72. The van der Waals surface area contributed by atoms with Crippen LogP contribution in [0.4, 0.5) is 0 Å². The molecule has 120 valence electrons. The zero-order chi connectivity index (χ0) is 15.9. The Balaban J connectivity index is 2.36. The minimum atomic E-state index is -0.220. The van der Waals surface area contributed by atoms with Gasteiger partial charge in [-0.15, -0.1) is 11.6 Å². The van der Waals surface area contributed by atoms with Gasteiger partial charge >= 0.3 is 5.97 Å². The van der Waals surface area contributed by atoms with Crippen LogP contribution in [0.5, 0.6) is 0 Å². The van der Waals surface area contributed by atoms with Crippen molar-refractivity contribution in [2.24, 2.45) is 5.92 Å². The maximum absolute atomic E-state index is 11.4. The summed E-state index contributed by atoms with van der Waals surface area (Å²) in [5, 5.41) is 0. The summed E-state index contributed by atoms with van der Waals surface area (Å²) in [6.45, 7) is 8.72. The van der Waals surface area contributed by atoms with Crippen molar-refractivity contribution in [1.82, 2.24) is 0 Å². The molecule has 0 saturated carbocycles. The van der Waals surface area contributed by atoms with Crippen molar-refractivity contribution in [2.45, 2.75) is 71.1 Å². The Hall–Kier alpha value is -0.760. The van der Waals surface area contributed by atoms with Crippen LogP contribution in [-0.2, 0) is 9.53 Å². The number of esters is 1. The molecule has 1 rings (SSSR count). The number of allylic oxidation sites excluding steroid dienone is 3. The highest BCUT2D eigenvalue weighted by atomic mass is 35.5. The molecule has 2 nitrogen and oxygen atoms in total. The number of halogens is 1. The summed E-state index contributed by atoms with van der Waals surface area (Å²) in [5.41, 5.74) is 2.57. The SMILES string of the molecule is CCOC(=O)/C=C1/C=C(CC(C)CCCC(C)(C)Cl)CC1. The molecule has 21 heavy (non-hydrogen) atoms. The third kappa shape index (κ3) is 8.31. The number of hydrogen-bond donors (Lipinski definition) is 0. The van der Waals surface area contributed by atoms with E-state index in [2.05, 4.69) is 26.8 Å². The Morgan fingerprint density at radius 3 is 2.81 bits per heavy atom. The highest BCUT2D eigenvalue weighted by Gasteiger charge is 2.16. The average Bonchev–Trinajstić information content (AvgIpc) is 2.74. The normalized spacial score (nSPS) is 18.7. The predicted octanol–water partition coefficient (Wildman–Crippen LogP) is 5.41. The number of carbonyl (C=O) groups is 1. The maximum atomic E-state index is 11.4. The van der Waals surface area contributed by atoms with E-state index in [1.165, 1.54) is 18.4 Å². The molecule has 0 aromatic rings. The highest BCUT2D eigenvalue weighted by Crippen LogP contribution is 2.30. The lowest BCUT2D eigenvalue weighted by Gasteiger charge is -2.17. The van der Waals surface area contributed by atoms with Crippen LogP contribution >= 0.6 is 11.6 Å². The van der Waals surface area contributed by atoms with E-state index in [9.17, 15) is 4.79 Å². The Labute approximate surface area is 134 Å². The Morgan fingerprint density at radius 1 is 1.48 bits per heavy atom. The molecule has 0 N–H and O–H groups in total. The molecule has 1 aliphatic carbocycles. The van der Waals surface area contributed by atoms with Gasteiger partial charge in [-0.05, 0) is 57.9 Å². The molecule has 0 spiro atoms. The largest absolute Gasteiger partial charge is 0.463 e. The molecule has 1 atom stereocenters. The standard InChI is InChI=1S/C18H29ClO2/c1-5-21-17(20)13-16-9-8-15(12-16)11-14(2)7-6-10-18(3,4)19/h12-14H,5-11H2,1-4H3/b16-13+. The zero-order valence-corrected chi connectivity index (χ0v) is 14.6. The average molecular weight is 313 g/mol. The molecular weight excluding hydrogens is 284 g/mol. The topological polar surface area (TPSA) is 26.3 Å². The highest BCUT2D eigenvalue weighted by molar-refractivity contribution is 6.23. The van der Waals surface area contributed by atoms with Crippen LogP contribution in [0.25, 0.3) is 0 Å². The van der Waals surface area contributed by atoms with Gasteiger partial charge in [-0.3, -0.25) is 0 Å². The van der Waals surface area contributed by atoms with E-state index in [1.54, 1.807) is 6.08 Å². The molecule has 0 bridgehead atoms. The predicted molar refractivity (Wildman–Crippen MR) is 89.6 cm³/mol. The van der Waals surface area contributed by atoms with Crippen LogP contribution in [0.15, 0.2) is 23.3 Å². The minimum absolute atomic E-state index is 0.0815. The van der Waals surface area contributed by atoms with Crippen LogP contribution in [-0.4, -0.2) is 17.5 Å². The molecule has 0 saturated heterocycles. The van der Waals surface area contributed by atoms with Crippen LogP contribution in [0.2, 0.25) is 0 Å². The van der Waals surface area contributed by atoms with Crippen molar-refractivity contribution in [3.8, 4) is 0 Å². The third-order valence-corrected chi connectivity index (χ3v) is 3.98. The van der Waals surface area contributed by atoms with Gasteiger partial charge < -0.3 is 4.74 Å². The van der Waals surface area contributed by atoms with Gasteiger partial charge in [-0.25, -0.2) is 4.79 Å². The molecule has 0 amide bonds. The number of rotatable bonds is 8. The second kappa shape index (κ2) is 8.63. The molecule has 0 radical (unpaired) electrons. The van der Waals surface area contributed by atoms with E-state index in [-0.39, 0.29) is 10.8 Å². The molecule has 1 aliphatic rings. The summed E-state index contributed by atoms with van der Waals surface area (Å²) < 4.78 is 4.95. The fourth-order valence-corrected chi connectivity index (χ4v) is 2.88. The third-order valence-electron chi connectivity index (χ3n) is 3.79. The first-order chi connectivity index (χ1) is 9.80. The van der Waals surface area contributed by atoms with E-state index in [0.29, 0.717) is 12.5 Å². The Bertz CT molecular complexity index is 402. The fourth-order valence-electron chi connectivity index (χ4n) is 2.74. The molecule has 3 heteroatoms. The van der Waals surface area contributed by atoms with E-state index < -0.39 is 0 Å². The van der Waals surface area contributed by atoms with Crippen LogP contribution in [0.3, 0.4) is 0 Å². The monoisotopic (exact) mass is 312 g/mol. The van der Waals surface area contributed by atoms with Gasteiger partial charge in [0.05, 0.1) is 6.61 Å². The molecule has 1 unspecified atom stereocenters. The summed E-state index contributed by atoms with van der Waals surface area (Å²) in [5.74, 6) is 0.458. The van der Waals surface area contributed by atoms with Crippen molar-refractivity contribution in [1.29, 1.82) is 0 Å². The molecule has 0 aliphatic heterocycles. The number of alkyl halides is 1. The lowest BCUT2D eigenvalue weighted by atomic mass is 9.93. The minimum Gasteiger partial charge on any atom is -0.463 e. The summed E-state index contributed by atoms with van der Waals surface area (Å²) in [7, 11) is 0. The maximum Gasteiger partial charge on any atom is 0.331 e. The van der Waals surface area contributed by atoms with Crippen molar-refractivity contribution in [3.63, 3.8) is 0 Å². The molecule has 0 heterocycles. The van der Waals surface area contributed by atoms with Gasteiger partial charge in [0.2, 0.25) is 0 Å². The first-order valence-corrected chi connectivity index (χ1v) is 8.43. The lowest BCUT2D eigenvalue weighted by Crippen LogP contribution is -2.10. The first kappa shape index (κ1) is 18.3. The van der Waals surface area contributed by atoms with Gasteiger partial charge in [0, 0.05) is 11.0 Å². The number of ether oxygens (including phenoxy) is 1. The van der Waals surface area contributed by atoms with Crippen LogP contribution < -0.4 is 0 Å². The number of carbonyl (C=O) groups excluding carboxylic acids is 1. The van der Waals surface area contributed by atoms with Crippen LogP contribution in [0, 0.1) is 5.92 Å². The van der Waals surface area contributed by atoms with Crippen molar-refractivity contribution >= 4 is 17.6 Å². The van der Waals surface area contributed by atoms with Gasteiger partial charge in [0.25, 0.3) is 0 Å². The zero-order valence-electron chi connectivity index (χ0n) is 13.9. The lowest BCUT2D eigenvalue weighted by molar-refractivity contribution is -0.137. The summed E-state index contributed by atoms with van der Waals surface area (Å²) in [4.78, 5) is 11.3. The van der Waals surface area contributed by atoms with Crippen molar-refractivity contribution in [2.75, 3.05) is 6.61 Å². The first-order valence-electron chi connectivity index (χ1n) is 8.06. The van der Waals surface area contributed by atoms with Gasteiger partial charge in [0.1, 0.15) is 0 Å². The molecule has 0 fully saturated rings. The number of hydrogen-bond acceptors (Lipinski definition) is 2. The summed E-state index contributed by atoms with van der Waals surface area (Å²) in [6.07, 6.45) is 10.4. The van der Waals surface area contributed by atoms with Gasteiger partial charge in [0.15, 0.2) is 0 Å². The Kier molecular flexibility index (Phi) is 7.51. The van der Waals surface area contributed by atoms with E-state index in [4.69, 9.17) is 16.3 Å². The van der Waals surface area contributed by atoms with Gasteiger partial charge in [-0.2, -0.15) is 0 Å². The molecule has 0 aromatic carbocycles. The van der Waals surface area contributed by atoms with Crippen molar-refractivity contribution in [3.05, 3.63) is 23.3 Å². The Morgan fingerprint density at radius 2 is 2.19 bits per heavy atom. The summed E-state index contributed by atoms with van der Waals surface area (Å²) in [6, 6.07) is 0. The second-order valence-electron chi connectivity index (χ2n) is 6.69. The summed E-state index contributed by atoms with van der Waals surface area (Å²) >= 11 is 6.22. The van der Waals surface area contributed by atoms with E-state index in [0.717, 1.165) is 31.3 Å².